The molecule has 1 fully saturated rings. The molecule has 0 amide bonds. The highest BCUT2D eigenvalue weighted by molar-refractivity contribution is 5.96. The van der Waals surface area contributed by atoms with Crippen molar-refractivity contribution < 1.29 is 5.21 Å². The third-order valence-corrected chi connectivity index (χ3v) is 3.37. The van der Waals surface area contributed by atoms with Crippen LogP contribution in [0.15, 0.2) is 29.4 Å². The molecule has 92 valence electrons. The maximum atomic E-state index is 8.54. The molecule has 1 saturated carbocycles. The summed E-state index contributed by atoms with van der Waals surface area (Å²) in [6.45, 7) is 4.26. The Balaban J connectivity index is 1.81. The maximum absolute atomic E-state index is 8.54. The molecule has 1 aromatic carbocycles. The topological polar surface area (TPSA) is 70.6 Å². The largest absolute Gasteiger partial charge is 0.409 e. The number of oxime groups is 1. The van der Waals surface area contributed by atoms with Gasteiger partial charge in [0, 0.05) is 12.1 Å². The Morgan fingerprint density at radius 2 is 2.12 bits per heavy atom. The van der Waals surface area contributed by atoms with Gasteiger partial charge in [0.05, 0.1) is 0 Å². The van der Waals surface area contributed by atoms with E-state index < -0.39 is 0 Å². The lowest BCUT2D eigenvalue weighted by Gasteiger charge is -2.05. The van der Waals surface area contributed by atoms with E-state index in [-0.39, 0.29) is 5.84 Å². The lowest BCUT2D eigenvalue weighted by Crippen LogP contribution is -2.17. The molecule has 4 N–H and O–H groups in total. The molecule has 1 aliphatic carbocycles. The van der Waals surface area contributed by atoms with Crippen LogP contribution in [0.1, 0.15) is 24.5 Å². The van der Waals surface area contributed by atoms with Crippen LogP contribution in [0.2, 0.25) is 0 Å². The van der Waals surface area contributed by atoms with Gasteiger partial charge in [0.15, 0.2) is 5.84 Å². The molecule has 0 aliphatic heterocycles. The first-order valence-electron chi connectivity index (χ1n) is 5.98. The van der Waals surface area contributed by atoms with Gasteiger partial charge >= 0.3 is 0 Å². The van der Waals surface area contributed by atoms with Gasteiger partial charge in [-0.1, -0.05) is 36.3 Å². The predicted octanol–water partition coefficient (Wildman–Crippen LogP) is 1.53. The molecule has 2 atom stereocenters. The summed E-state index contributed by atoms with van der Waals surface area (Å²) in [6, 6.07) is 7.73. The summed E-state index contributed by atoms with van der Waals surface area (Å²) in [4.78, 5) is 0. The standard InChI is InChI=1S/C13H19N3O/c1-9-6-12(9)8-15-7-10-2-4-11(5-3-10)13(14)16-17/h2-5,9,12,15,17H,6-8H2,1H3,(H2,14,16). The normalized spacial score (nSPS) is 23.7. The maximum Gasteiger partial charge on any atom is 0.170 e. The Morgan fingerprint density at radius 1 is 1.47 bits per heavy atom. The first-order valence-corrected chi connectivity index (χ1v) is 5.98. The molecule has 17 heavy (non-hydrogen) atoms. The molecule has 1 aliphatic rings. The van der Waals surface area contributed by atoms with Crippen molar-refractivity contribution >= 4 is 5.84 Å². The second-order valence-electron chi connectivity index (χ2n) is 4.79. The van der Waals surface area contributed by atoms with E-state index in [1.165, 1.54) is 12.0 Å². The molecule has 1 aromatic rings. The van der Waals surface area contributed by atoms with Crippen LogP contribution in [0, 0.1) is 11.8 Å². The minimum atomic E-state index is 0.149. The van der Waals surface area contributed by atoms with Crippen molar-refractivity contribution in [2.75, 3.05) is 6.54 Å². The Labute approximate surface area is 102 Å². The summed E-state index contributed by atoms with van der Waals surface area (Å²) < 4.78 is 0. The molecule has 0 saturated heterocycles. The molecule has 2 unspecified atom stereocenters. The molecular weight excluding hydrogens is 214 g/mol. The fourth-order valence-corrected chi connectivity index (χ4v) is 1.94. The monoisotopic (exact) mass is 233 g/mol. The highest BCUT2D eigenvalue weighted by atomic mass is 16.4. The van der Waals surface area contributed by atoms with Gasteiger partial charge in [-0.05, 0) is 30.4 Å². The van der Waals surface area contributed by atoms with E-state index in [0.29, 0.717) is 0 Å². The highest BCUT2D eigenvalue weighted by Crippen LogP contribution is 2.36. The van der Waals surface area contributed by atoms with E-state index in [1.54, 1.807) is 0 Å². The number of amidine groups is 1. The van der Waals surface area contributed by atoms with Crippen LogP contribution in [-0.2, 0) is 6.54 Å². The van der Waals surface area contributed by atoms with Crippen molar-refractivity contribution in [2.24, 2.45) is 22.7 Å². The number of hydrogen-bond acceptors (Lipinski definition) is 3. The van der Waals surface area contributed by atoms with Crippen molar-refractivity contribution in [3.8, 4) is 0 Å². The van der Waals surface area contributed by atoms with Gasteiger partial charge in [-0.15, -0.1) is 0 Å². The van der Waals surface area contributed by atoms with Crippen molar-refractivity contribution in [3.05, 3.63) is 35.4 Å². The van der Waals surface area contributed by atoms with E-state index in [9.17, 15) is 0 Å². The summed E-state index contributed by atoms with van der Waals surface area (Å²) in [5.74, 6) is 1.91. The Morgan fingerprint density at radius 3 is 2.65 bits per heavy atom. The van der Waals surface area contributed by atoms with Crippen LogP contribution in [0.25, 0.3) is 0 Å². The third kappa shape index (κ3) is 3.20. The molecular formula is C13H19N3O. The van der Waals surface area contributed by atoms with Crippen LogP contribution >= 0.6 is 0 Å². The van der Waals surface area contributed by atoms with Gasteiger partial charge in [-0.2, -0.15) is 0 Å². The quantitative estimate of drug-likeness (QED) is 0.312. The fourth-order valence-electron chi connectivity index (χ4n) is 1.94. The number of benzene rings is 1. The summed E-state index contributed by atoms with van der Waals surface area (Å²) >= 11 is 0. The predicted molar refractivity (Wildman–Crippen MR) is 67.9 cm³/mol. The zero-order valence-corrected chi connectivity index (χ0v) is 10.1. The SMILES string of the molecule is CC1CC1CNCc1ccc(/C(N)=N/O)cc1. The van der Waals surface area contributed by atoms with Gasteiger partial charge in [0.2, 0.25) is 0 Å². The first kappa shape index (κ1) is 11.9. The van der Waals surface area contributed by atoms with Crippen molar-refractivity contribution in [3.63, 3.8) is 0 Å². The van der Waals surface area contributed by atoms with E-state index in [2.05, 4.69) is 17.4 Å². The van der Waals surface area contributed by atoms with Crippen molar-refractivity contribution in [2.45, 2.75) is 19.9 Å². The van der Waals surface area contributed by atoms with Crippen LogP contribution in [0.3, 0.4) is 0 Å². The van der Waals surface area contributed by atoms with Crippen LogP contribution in [0.4, 0.5) is 0 Å². The summed E-state index contributed by atoms with van der Waals surface area (Å²) in [7, 11) is 0. The lowest BCUT2D eigenvalue weighted by atomic mass is 10.1. The van der Waals surface area contributed by atoms with Crippen LogP contribution in [-0.4, -0.2) is 17.6 Å². The molecule has 2 rings (SSSR count). The number of hydrogen-bond donors (Lipinski definition) is 3. The number of rotatable bonds is 5. The minimum absolute atomic E-state index is 0.149. The van der Waals surface area contributed by atoms with Crippen molar-refractivity contribution in [1.82, 2.24) is 5.32 Å². The van der Waals surface area contributed by atoms with Gasteiger partial charge in [0.1, 0.15) is 0 Å². The summed E-state index contributed by atoms with van der Waals surface area (Å²) in [6.07, 6.45) is 1.36. The third-order valence-electron chi connectivity index (χ3n) is 3.37. The molecule has 0 bridgehead atoms. The van der Waals surface area contributed by atoms with E-state index in [0.717, 1.165) is 30.5 Å². The van der Waals surface area contributed by atoms with E-state index in [1.807, 2.05) is 24.3 Å². The number of nitrogens with one attached hydrogen (secondary N) is 1. The second kappa shape index (κ2) is 5.19. The molecule has 0 heterocycles. The Bertz CT molecular complexity index is 400. The number of nitrogens with zero attached hydrogens (tertiary/aromatic N) is 1. The van der Waals surface area contributed by atoms with Crippen molar-refractivity contribution in [1.29, 1.82) is 0 Å². The molecule has 4 heteroatoms. The lowest BCUT2D eigenvalue weighted by molar-refractivity contribution is 0.318. The average molecular weight is 233 g/mol. The fraction of sp³-hybridized carbons (Fsp3) is 0.462. The zero-order valence-electron chi connectivity index (χ0n) is 10.1. The summed E-state index contributed by atoms with van der Waals surface area (Å²) in [5.41, 5.74) is 7.45. The average Bonchev–Trinajstić information content (AvgIpc) is 3.05. The smallest absolute Gasteiger partial charge is 0.170 e. The molecule has 0 radical (unpaired) electrons. The Kier molecular flexibility index (Phi) is 3.64. The van der Waals surface area contributed by atoms with Gasteiger partial charge in [-0.25, -0.2) is 0 Å². The minimum Gasteiger partial charge on any atom is -0.409 e. The number of nitrogens with two attached hydrogens (primary N) is 1. The zero-order chi connectivity index (χ0) is 12.3. The Hall–Kier alpha value is -1.55. The molecule has 0 aromatic heterocycles. The van der Waals surface area contributed by atoms with E-state index in [4.69, 9.17) is 10.9 Å². The molecule has 4 nitrogen and oxygen atoms in total. The van der Waals surface area contributed by atoms with E-state index >= 15 is 0 Å². The highest BCUT2D eigenvalue weighted by Gasteiger charge is 2.31. The van der Waals surface area contributed by atoms with Gasteiger partial charge in [0.25, 0.3) is 0 Å². The first-order chi connectivity index (χ1) is 8.20. The summed E-state index contributed by atoms with van der Waals surface area (Å²) in [5, 5.41) is 15.0. The van der Waals surface area contributed by atoms with Gasteiger partial charge < -0.3 is 16.3 Å². The van der Waals surface area contributed by atoms with Crippen LogP contribution < -0.4 is 11.1 Å². The van der Waals surface area contributed by atoms with Gasteiger partial charge in [-0.3, -0.25) is 0 Å². The molecule has 0 spiro atoms. The second-order valence-corrected chi connectivity index (χ2v) is 4.79. The van der Waals surface area contributed by atoms with Crippen LogP contribution in [0.5, 0.6) is 0 Å².